The van der Waals surface area contributed by atoms with Crippen molar-refractivity contribution in [2.75, 3.05) is 11.4 Å². The van der Waals surface area contributed by atoms with E-state index in [4.69, 9.17) is 0 Å². The lowest BCUT2D eigenvalue weighted by Gasteiger charge is -2.30. The predicted molar refractivity (Wildman–Crippen MR) is 75.3 cm³/mol. The molecular formula is C14H19N5O. The lowest BCUT2D eigenvalue weighted by Crippen LogP contribution is -2.34. The maximum Gasteiger partial charge on any atom is 0.131 e. The highest BCUT2D eigenvalue weighted by Crippen LogP contribution is 2.24. The summed E-state index contributed by atoms with van der Waals surface area (Å²) in [5, 5.41) is 9.57. The molecule has 0 unspecified atom stereocenters. The van der Waals surface area contributed by atoms with Crippen LogP contribution in [0, 0.1) is 0 Å². The number of hydrogen-bond donors (Lipinski definition) is 1. The summed E-state index contributed by atoms with van der Waals surface area (Å²) in [5.74, 6) is 2.07. The normalized spacial score (nSPS) is 14.7. The van der Waals surface area contributed by atoms with Crippen LogP contribution in [0.5, 0.6) is 0 Å². The Morgan fingerprint density at radius 1 is 1.30 bits per heavy atom. The van der Waals surface area contributed by atoms with Gasteiger partial charge in [0.2, 0.25) is 0 Å². The first kappa shape index (κ1) is 13.1. The maximum atomic E-state index is 9.57. The average molecular weight is 273 g/mol. The van der Waals surface area contributed by atoms with Gasteiger partial charge in [-0.2, -0.15) is 0 Å². The van der Waals surface area contributed by atoms with E-state index in [2.05, 4.69) is 24.4 Å². The van der Waals surface area contributed by atoms with Crippen molar-refractivity contribution < 1.29 is 5.11 Å². The lowest BCUT2D eigenvalue weighted by atomic mass is 10.2. The molecule has 6 heteroatoms. The Morgan fingerprint density at radius 2 is 2.15 bits per heavy atom. The molecule has 0 spiro atoms. The summed E-state index contributed by atoms with van der Waals surface area (Å²) in [6.45, 7) is 6.53. The molecule has 1 aliphatic heterocycles. The number of aliphatic hydroxyl groups is 1. The van der Waals surface area contributed by atoms with Crippen LogP contribution in [0.1, 0.15) is 37.1 Å². The fourth-order valence-corrected chi connectivity index (χ4v) is 2.46. The summed E-state index contributed by atoms with van der Waals surface area (Å²) in [4.78, 5) is 15.4. The van der Waals surface area contributed by atoms with Crippen LogP contribution in [-0.2, 0) is 19.7 Å². The van der Waals surface area contributed by atoms with Crippen LogP contribution < -0.4 is 4.90 Å². The minimum atomic E-state index is -0.0670. The van der Waals surface area contributed by atoms with E-state index in [9.17, 15) is 5.11 Å². The Labute approximate surface area is 118 Å². The van der Waals surface area contributed by atoms with Crippen molar-refractivity contribution >= 4 is 5.69 Å². The summed E-state index contributed by atoms with van der Waals surface area (Å²) in [5.41, 5.74) is 1.61. The highest BCUT2D eigenvalue weighted by atomic mass is 16.3. The number of imidazole rings is 1. The van der Waals surface area contributed by atoms with Crippen molar-refractivity contribution in [1.82, 2.24) is 19.5 Å². The third kappa shape index (κ3) is 2.27. The maximum absolute atomic E-state index is 9.57. The van der Waals surface area contributed by atoms with Crippen molar-refractivity contribution in [2.45, 2.75) is 39.5 Å². The highest BCUT2D eigenvalue weighted by molar-refractivity contribution is 5.49. The number of anilines is 1. The van der Waals surface area contributed by atoms with E-state index in [0.29, 0.717) is 5.69 Å². The molecule has 0 saturated heterocycles. The molecule has 0 aromatic carbocycles. The van der Waals surface area contributed by atoms with Crippen LogP contribution in [0.25, 0.3) is 0 Å². The second-order valence-electron chi connectivity index (χ2n) is 5.33. The summed E-state index contributed by atoms with van der Waals surface area (Å²) >= 11 is 0. The molecule has 0 bridgehead atoms. The van der Waals surface area contributed by atoms with Crippen LogP contribution in [0.2, 0.25) is 0 Å². The molecule has 3 rings (SSSR count). The highest BCUT2D eigenvalue weighted by Gasteiger charge is 2.20. The average Bonchev–Trinajstić information content (AvgIpc) is 2.93. The summed E-state index contributed by atoms with van der Waals surface area (Å²) in [6, 6.07) is 0. The quantitative estimate of drug-likeness (QED) is 0.913. The molecule has 106 valence electrons. The zero-order valence-corrected chi connectivity index (χ0v) is 11.8. The Kier molecular flexibility index (Phi) is 3.40. The number of fused-ring (bicyclic) bond motifs is 1. The van der Waals surface area contributed by atoms with Crippen molar-refractivity contribution in [2.24, 2.45) is 0 Å². The van der Waals surface area contributed by atoms with Crippen LogP contribution in [0.3, 0.4) is 0 Å². The van der Waals surface area contributed by atoms with Crippen molar-refractivity contribution in [3.8, 4) is 0 Å². The minimum Gasteiger partial charge on any atom is -0.390 e. The van der Waals surface area contributed by atoms with Gasteiger partial charge in [0.25, 0.3) is 0 Å². The molecule has 2 aromatic rings. The molecule has 1 aliphatic rings. The Morgan fingerprint density at radius 3 is 2.90 bits per heavy atom. The molecule has 20 heavy (non-hydrogen) atoms. The molecular weight excluding hydrogens is 254 g/mol. The SMILES string of the molecule is CC(C)c1ncc(N2CCn3ccnc3C2)c(CO)n1. The number of hydrogen-bond acceptors (Lipinski definition) is 5. The van der Waals surface area contributed by atoms with E-state index in [0.717, 1.165) is 37.0 Å². The van der Waals surface area contributed by atoms with Gasteiger partial charge in [-0.15, -0.1) is 0 Å². The third-order valence-corrected chi connectivity index (χ3v) is 3.62. The van der Waals surface area contributed by atoms with E-state index < -0.39 is 0 Å². The van der Waals surface area contributed by atoms with E-state index in [-0.39, 0.29) is 12.5 Å². The van der Waals surface area contributed by atoms with Crippen LogP contribution in [-0.4, -0.2) is 31.2 Å². The van der Waals surface area contributed by atoms with Gasteiger partial charge in [-0.05, 0) is 0 Å². The molecule has 0 aliphatic carbocycles. The monoisotopic (exact) mass is 273 g/mol. The van der Waals surface area contributed by atoms with Crippen molar-refractivity contribution in [3.05, 3.63) is 35.9 Å². The van der Waals surface area contributed by atoms with E-state index in [1.54, 1.807) is 0 Å². The number of aromatic nitrogens is 4. The third-order valence-electron chi connectivity index (χ3n) is 3.62. The minimum absolute atomic E-state index is 0.0670. The predicted octanol–water partition coefficient (Wildman–Crippen LogP) is 1.31. The number of rotatable bonds is 3. The smallest absolute Gasteiger partial charge is 0.131 e. The Balaban J connectivity index is 1.91. The van der Waals surface area contributed by atoms with Crippen LogP contribution in [0.4, 0.5) is 5.69 Å². The van der Waals surface area contributed by atoms with Gasteiger partial charge in [0, 0.05) is 31.4 Å². The number of nitrogens with zero attached hydrogens (tertiary/aromatic N) is 5. The Hall–Kier alpha value is -1.95. The van der Waals surface area contributed by atoms with Crippen molar-refractivity contribution in [3.63, 3.8) is 0 Å². The van der Waals surface area contributed by atoms with Crippen molar-refractivity contribution in [1.29, 1.82) is 0 Å². The lowest BCUT2D eigenvalue weighted by molar-refractivity contribution is 0.276. The summed E-state index contributed by atoms with van der Waals surface area (Å²) in [6.07, 6.45) is 5.65. The Bertz CT molecular complexity index is 607. The molecule has 0 fully saturated rings. The van der Waals surface area contributed by atoms with Gasteiger partial charge in [0.15, 0.2) is 0 Å². The molecule has 3 heterocycles. The first-order valence-corrected chi connectivity index (χ1v) is 6.90. The molecule has 2 aromatic heterocycles. The van der Waals surface area contributed by atoms with Crippen LogP contribution in [0.15, 0.2) is 18.6 Å². The molecule has 0 radical (unpaired) electrons. The zero-order chi connectivity index (χ0) is 14.1. The van der Waals surface area contributed by atoms with E-state index in [1.165, 1.54) is 0 Å². The van der Waals surface area contributed by atoms with E-state index in [1.807, 2.05) is 32.4 Å². The van der Waals surface area contributed by atoms with Gasteiger partial charge in [0.1, 0.15) is 11.6 Å². The largest absolute Gasteiger partial charge is 0.390 e. The topological polar surface area (TPSA) is 67.1 Å². The molecule has 0 saturated carbocycles. The number of aliphatic hydroxyl groups excluding tert-OH is 1. The van der Waals surface area contributed by atoms with Gasteiger partial charge in [0.05, 0.1) is 30.7 Å². The molecule has 6 nitrogen and oxygen atoms in total. The van der Waals surface area contributed by atoms with Gasteiger partial charge < -0.3 is 14.6 Å². The summed E-state index contributed by atoms with van der Waals surface area (Å²) < 4.78 is 2.15. The van der Waals surface area contributed by atoms with Gasteiger partial charge in [-0.3, -0.25) is 0 Å². The molecule has 0 atom stereocenters. The second kappa shape index (κ2) is 5.20. The fraction of sp³-hybridized carbons (Fsp3) is 0.500. The second-order valence-corrected chi connectivity index (χ2v) is 5.33. The zero-order valence-electron chi connectivity index (χ0n) is 11.8. The van der Waals surface area contributed by atoms with Gasteiger partial charge >= 0.3 is 0 Å². The first-order chi connectivity index (χ1) is 9.69. The first-order valence-electron chi connectivity index (χ1n) is 6.90. The van der Waals surface area contributed by atoms with Gasteiger partial charge in [-0.1, -0.05) is 13.8 Å². The van der Waals surface area contributed by atoms with E-state index >= 15 is 0 Å². The van der Waals surface area contributed by atoms with Crippen LogP contribution >= 0.6 is 0 Å². The fourth-order valence-electron chi connectivity index (χ4n) is 2.46. The standard InChI is InChI=1S/C14H19N5O/c1-10(2)14-16-7-12(11(9-20)17-14)19-6-5-18-4-3-15-13(18)8-19/h3-4,7,10,20H,5-6,8-9H2,1-2H3. The summed E-state index contributed by atoms with van der Waals surface area (Å²) in [7, 11) is 0. The molecule has 0 amide bonds. The molecule has 1 N–H and O–H groups in total. The van der Waals surface area contributed by atoms with Gasteiger partial charge in [-0.25, -0.2) is 15.0 Å².